The number of nitrogens with two attached hydrogens (primary N) is 1. The fraction of sp³-hybridized carbons (Fsp3) is 0.833. The molecular formula is C12H23N. The third-order valence-corrected chi connectivity index (χ3v) is 3.10. The topological polar surface area (TPSA) is 26.0 Å². The van der Waals surface area contributed by atoms with Crippen LogP contribution in [-0.2, 0) is 0 Å². The van der Waals surface area contributed by atoms with Crippen LogP contribution < -0.4 is 5.73 Å². The van der Waals surface area contributed by atoms with Crippen LogP contribution in [0, 0.1) is 11.3 Å². The zero-order valence-corrected chi connectivity index (χ0v) is 9.05. The Hall–Kier alpha value is -0.300. The Morgan fingerprint density at radius 3 is 2.69 bits per heavy atom. The highest BCUT2D eigenvalue weighted by Crippen LogP contribution is 2.37. The average molecular weight is 181 g/mol. The van der Waals surface area contributed by atoms with Crippen LogP contribution >= 0.6 is 0 Å². The minimum atomic E-state index is 0.421. The Kier molecular flexibility index (Phi) is 3.55. The monoisotopic (exact) mass is 181 g/mol. The quantitative estimate of drug-likeness (QED) is 0.514. The molecule has 1 fully saturated rings. The molecule has 1 unspecified atom stereocenters. The molecule has 0 aromatic heterocycles. The van der Waals surface area contributed by atoms with Gasteiger partial charge >= 0.3 is 0 Å². The molecule has 0 bridgehead atoms. The molecule has 0 amide bonds. The van der Waals surface area contributed by atoms with E-state index in [9.17, 15) is 0 Å². The van der Waals surface area contributed by atoms with Crippen molar-refractivity contribution in [2.75, 3.05) is 0 Å². The van der Waals surface area contributed by atoms with Crippen molar-refractivity contribution in [3.8, 4) is 0 Å². The maximum Gasteiger partial charge on any atom is 0.00440 e. The summed E-state index contributed by atoms with van der Waals surface area (Å²) >= 11 is 0. The molecule has 13 heavy (non-hydrogen) atoms. The normalized spacial score (nSPS) is 33.8. The molecule has 1 nitrogen and oxygen atoms in total. The first-order chi connectivity index (χ1) is 6.03. The maximum atomic E-state index is 6.04. The van der Waals surface area contributed by atoms with Crippen molar-refractivity contribution in [2.24, 2.45) is 17.1 Å². The molecule has 1 aliphatic carbocycles. The molecule has 1 saturated carbocycles. The van der Waals surface area contributed by atoms with Gasteiger partial charge in [-0.1, -0.05) is 19.9 Å². The average Bonchev–Trinajstić information content (AvgIpc) is 2.09. The molecule has 2 atom stereocenters. The first-order valence-electron chi connectivity index (χ1n) is 5.40. The molecule has 1 aliphatic rings. The smallest absolute Gasteiger partial charge is 0.00440 e. The van der Waals surface area contributed by atoms with E-state index in [4.69, 9.17) is 5.73 Å². The van der Waals surface area contributed by atoms with E-state index in [1.165, 1.54) is 25.7 Å². The predicted molar refractivity (Wildman–Crippen MR) is 58.5 cm³/mol. The van der Waals surface area contributed by atoms with Crippen molar-refractivity contribution in [1.82, 2.24) is 0 Å². The van der Waals surface area contributed by atoms with Crippen molar-refractivity contribution < 1.29 is 0 Å². The number of hydrogen-bond donors (Lipinski definition) is 1. The number of hydrogen-bond acceptors (Lipinski definition) is 1. The standard InChI is InChI=1S/C12H23N/c1-4-5-10-6-7-11(13)9-12(2,3)8-10/h4,10-11H,1,5-9,13H2,2-3H3/t10?,11-/m1/s1. The van der Waals surface area contributed by atoms with Gasteiger partial charge in [0.25, 0.3) is 0 Å². The summed E-state index contributed by atoms with van der Waals surface area (Å²) in [5.41, 5.74) is 6.48. The molecule has 0 aromatic carbocycles. The lowest BCUT2D eigenvalue weighted by atomic mass is 9.80. The fourth-order valence-corrected chi connectivity index (χ4v) is 2.67. The highest BCUT2D eigenvalue weighted by Gasteiger charge is 2.28. The predicted octanol–water partition coefficient (Wildman–Crippen LogP) is 3.11. The molecule has 1 heteroatoms. The van der Waals surface area contributed by atoms with Crippen molar-refractivity contribution in [3.05, 3.63) is 12.7 Å². The fourth-order valence-electron chi connectivity index (χ4n) is 2.67. The summed E-state index contributed by atoms with van der Waals surface area (Å²) in [6.45, 7) is 8.50. The summed E-state index contributed by atoms with van der Waals surface area (Å²) in [7, 11) is 0. The molecule has 1 rings (SSSR count). The summed E-state index contributed by atoms with van der Waals surface area (Å²) in [6.07, 6.45) is 8.19. The maximum absolute atomic E-state index is 6.04. The third-order valence-electron chi connectivity index (χ3n) is 3.10. The molecule has 76 valence electrons. The van der Waals surface area contributed by atoms with Crippen LogP contribution in [0.15, 0.2) is 12.7 Å². The molecule has 2 N–H and O–H groups in total. The first kappa shape index (κ1) is 10.8. The van der Waals surface area contributed by atoms with Gasteiger partial charge in [-0.3, -0.25) is 0 Å². The molecule has 0 saturated heterocycles. The van der Waals surface area contributed by atoms with E-state index in [1.54, 1.807) is 0 Å². The van der Waals surface area contributed by atoms with Crippen LogP contribution in [-0.4, -0.2) is 6.04 Å². The Bertz CT molecular complexity index is 172. The van der Waals surface area contributed by atoms with Crippen LogP contribution in [0.5, 0.6) is 0 Å². The summed E-state index contributed by atoms with van der Waals surface area (Å²) < 4.78 is 0. The van der Waals surface area contributed by atoms with E-state index in [0.717, 1.165) is 12.3 Å². The number of rotatable bonds is 2. The Labute approximate surface area is 82.4 Å². The van der Waals surface area contributed by atoms with Crippen LogP contribution in [0.3, 0.4) is 0 Å². The molecule has 0 radical (unpaired) electrons. The molecule has 0 aliphatic heterocycles. The minimum absolute atomic E-state index is 0.421. The minimum Gasteiger partial charge on any atom is -0.328 e. The van der Waals surface area contributed by atoms with Gasteiger partial charge in [-0.25, -0.2) is 0 Å². The van der Waals surface area contributed by atoms with Gasteiger partial charge in [0.2, 0.25) is 0 Å². The Morgan fingerprint density at radius 2 is 2.08 bits per heavy atom. The van der Waals surface area contributed by atoms with Gasteiger partial charge in [0.05, 0.1) is 0 Å². The van der Waals surface area contributed by atoms with E-state index in [0.29, 0.717) is 11.5 Å². The lowest BCUT2D eigenvalue weighted by Crippen LogP contribution is -2.25. The van der Waals surface area contributed by atoms with Crippen LogP contribution in [0.4, 0.5) is 0 Å². The van der Waals surface area contributed by atoms with E-state index >= 15 is 0 Å². The van der Waals surface area contributed by atoms with E-state index in [-0.39, 0.29) is 0 Å². The van der Waals surface area contributed by atoms with Crippen molar-refractivity contribution >= 4 is 0 Å². The zero-order chi connectivity index (χ0) is 9.90. The van der Waals surface area contributed by atoms with Gasteiger partial charge in [0.1, 0.15) is 0 Å². The van der Waals surface area contributed by atoms with Crippen molar-refractivity contribution in [3.63, 3.8) is 0 Å². The molecule has 0 aromatic rings. The summed E-state index contributed by atoms with van der Waals surface area (Å²) in [6, 6.07) is 0.421. The Morgan fingerprint density at radius 1 is 1.38 bits per heavy atom. The highest BCUT2D eigenvalue weighted by molar-refractivity contribution is 4.86. The molecular weight excluding hydrogens is 158 g/mol. The van der Waals surface area contributed by atoms with Gasteiger partial charge in [-0.05, 0) is 43.4 Å². The molecule has 0 spiro atoms. The lowest BCUT2D eigenvalue weighted by molar-refractivity contribution is 0.260. The van der Waals surface area contributed by atoms with Crippen LogP contribution in [0.2, 0.25) is 0 Å². The van der Waals surface area contributed by atoms with Gasteiger partial charge in [0, 0.05) is 6.04 Å². The Balaban J connectivity index is 2.56. The van der Waals surface area contributed by atoms with E-state index < -0.39 is 0 Å². The van der Waals surface area contributed by atoms with Crippen molar-refractivity contribution in [2.45, 2.75) is 52.0 Å². The number of allylic oxidation sites excluding steroid dienone is 1. The van der Waals surface area contributed by atoms with Gasteiger partial charge in [0.15, 0.2) is 0 Å². The van der Waals surface area contributed by atoms with Gasteiger partial charge in [-0.15, -0.1) is 6.58 Å². The lowest BCUT2D eigenvalue weighted by Gasteiger charge is -2.27. The summed E-state index contributed by atoms with van der Waals surface area (Å²) in [5, 5.41) is 0. The molecule has 0 heterocycles. The largest absolute Gasteiger partial charge is 0.328 e. The second-order valence-electron chi connectivity index (χ2n) is 5.30. The second-order valence-corrected chi connectivity index (χ2v) is 5.30. The second kappa shape index (κ2) is 4.28. The highest BCUT2D eigenvalue weighted by atomic mass is 14.6. The van der Waals surface area contributed by atoms with Gasteiger partial charge in [-0.2, -0.15) is 0 Å². The third kappa shape index (κ3) is 3.51. The summed E-state index contributed by atoms with van der Waals surface area (Å²) in [5.74, 6) is 0.820. The SMILES string of the molecule is C=CCC1CC[C@@H](N)CC(C)(C)C1. The van der Waals surface area contributed by atoms with Crippen LogP contribution in [0.1, 0.15) is 46.0 Å². The summed E-state index contributed by atoms with van der Waals surface area (Å²) in [4.78, 5) is 0. The van der Waals surface area contributed by atoms with Crippen LogP contribution in [0.25, 0.3) is 0 Å². The first-order valence-corrected chi connectivity index (χ1v) is 5.40. The van der Waals surface area contributed by atoms with Crippen molar-refractivity contribution in [1.29, 1.82) is 0 Å². The van der Waals surface area contributed by atoms with E-state index in [1.807, 2.05) is 0 Å². The zero-order valence-electron chi connectivity index (χ0n) is 9.05. The van der Waals surface area contributed by atoms with E-state index in [2.05, 4.69) is 26.5 Å². The van der Waals surface area contributed by atoms with Gasteiger partial charge < -0.3 is 5.73 Å².